The Hall–Kier alpha value is -1.08. The van der Waals surface area contributed by atoms with Crippen molar-refractivity contribution in [1.29, 1.82) is 0 Å². The van der Waals surface area contributed by atoms with E-state index in [2.05, 4.69) is 31.9 Å². The molecule has 114 valence electrons. The van der Waals surface area contributed by atoms with Crippen LogP contribution in [0.25, 0.3) is 0 Å². The van der Waals surface area contributed by atoms with Gasteiger partial charge in [0.15, 0.2) is 6.61 Å². The summed E-state index contributed by atoms with van der Waals surface area (Å²) in [5.74, 6) is -0.916. The van der Waals surface area contributed by atoms with Crippen molar-refractivity contribution in [1.82, 2.24) is 4.90 Å². The van der Waals surface area contributed by atoms with Gasteiger partial charge in [0.1, 0.15) is 5.75 Å². The highest BCUT2D eigenvalue weighted by atomic mass is 79.9. The largest absolute Gasteiger partial charge is 0.483 e. The summed E-state index contributed by atoms with van der Waals surface area (Å²) < 4.78 is 7.16. The number of piperidine rings is 1. The molecule has 1 atom stereocenters. The summed E-state index contributed by atoms with van der Waals surface area (Å²) in [6, 6.07) is 5.42. The molecule has 1 heterocycles. The molecule has 1 aromatic rings. The lowest BCUT2D eigenvalue weighted by Gasteiger charge is -2.30. The third-order valence-corrected chi connectivity index (χ3v) is 4.48. The molecule has 5 nitrogen and oxygen atoms in total. The van der Waals surface area contributed by atoms with E-state index in [1.165, 1.54) is 0 Å². The van der Waals surface area contributed by atoms with E-state index in [1.54, 1.807) is 11.0 Å². The zero-order chi connectivity index (χ0) is 15.4. The summed E-state index contributed by atoms with van der Waals surface area (Å²) in [4.78, 5) is 24.7. The zero-order valence-corrected chi connectivity index (χ0v) is 14.4. The van der Waals surface area contributed by atoms with Gasteiger partial charge in [-0.3, -0.25) is 9.59 Å². The fourth-order valence-electron chi connectivity index (χ4n) is 2.23. The maximum atomic E-state index is 12.1. The molecular formula is C14H15Br2NO4. The molecule has 0 aromatic heterocycles. The first-order chi connectivity index (χ1) is 9.97. The van der Waals surface area contributed by atoms with Crippen LogP contribution in [0.5, 0.6) is 5.75 Å². The van der Waals surface area contributed by atoms with Gasteiger partial charge in [0.2, 0.25) is 0 Å². The van der Waals surface area contributed by atoms with E-state index in [-0.39, 0.29) is 19.1 Å². The van der Waals surface area contributed by atoms with Crippen LogP contribution in [0.15, 0.2) is 27.1 Å². The average Bonchev–Trinajstić information content (AvgIpc) is 2.46. The average molecular weight is 421 g/mol. The van der Waals surface area contributed by atoms with Crippen molar-refractivity contribution >= 4 is 43.7 Å². The Kier molecular flexibility index (Phi) is 5.64. The molecule has 0 spiro atoms. The van der Waals surface area contributed by atoms with E-state index >= 15 is 0 Å². The van der Waals surface area contributed by atoms with Gasteiger partial charge in [-0.15, -0.1) is 0 Å². The maximum Gasteiger partial charge on any atom is 0.308 e. The van der Waals surface area contributed by atoms with Gasteiger partial charge in [-0.2, -0.15) is 0 Å². The maximum absolute atomic E-state index is 12.1. The van der Waals surface area contributed by atoms with Crippen molar-refractivity contribution in [2.75, 3.05) is 19.7 Å². The first-order valence-corrected chi connectivity index (χ1v) is 8.14. The molecule has 0 radical (unpaired) electrons. The second-order valence-electron chi connectivity index (χ2n) is 4.88. The van der Waals surface area contributed by atoms with E-state index in [9.17, 15) is 9.59 Å². The SMILES string of the molecule is O=C(O)[C@H]1CCCN(C(=O)COc2ccc(Br)cc2Br)C1. The van der Waals surface area contributed by atoms with Crippen molar-refractivity contribution in [3.63, 3.8) is 0 Å². The van der Waals surface area contributed by atoms with Gasteiger partial charge in [0.25, 0.3) is 5.91 Å². The second-order valence-corrected chi connectivity index (χ2v) is 6.65. The van der Waals surface area contributed by atoms with Gasteiger partial charge in [-0.25, -0.2) is 0 Å². The smallest absolute Gasteiger partial charge is 0.308 e. The highest BCUT2D eigenvalue weighted by Gasteiger charge is 2.28. The van der Waals surface area contributed by atoms with Crippen LogP contribution in [0.3, 0.4) is 0 Å². The van der Waals surface area contributed by atoms with Crippen molar-refractivity contribution in [3.8, 4) is 5.75 Å². The fraction of sp³-hybridized carbons (Fsp3) is 0.429. The van der Waals surface area contributed by atoms with Gasteiger partial charge >= 0.3 is 5.97 Å². The van der Waals surface area contributed by atoms with Crippen LogP contribution in [0.1, 0.15) is 12.8 Å². The van der Waals surface area contributed by atoms with Crippen molar-refractivity contribution < 1.29 is 19.4 Å². The number of carboxylic acid groups (broad SMARTS) is 1. The number of benzene rings is 1. The number of aliphatic carboxylic acids is 1. The van der Waals surface area contributed by atoms with Crippen LogP contribution in [0.4, 0.5) is 0 Å². The van der Waals surface area contributed by atoms with Crippen molar-refractivity contribution in [3.05, 3.63) is 27.1 Å². The molecule has 0 saturated carbocycles. The molecule has 1 amide bonds. The number of amides is 1. The Bertz CT molecular complexity index is 550. The molecule has 7 heteroatoms. The van der Waals surface area contributed by atoms with E-state index < -0.39 is 11.9 Å². The van der Waals surface area contributed by atoms with Gasteiger partial charge in [0, 0.05) is 17.6 Å². The van der Waals surface area contributed by atoms with E-state index in [1.807, 2.05) is 12.1 Å². The first-order valence-electron chi connectivity index (χ1n) is 6.56. The molecule has 1 N–H and O–H groups in total. The number of nitrogens with zero attached hydrogens (tertiary/aromatic N) is 1. The number of likely N-dealkylation sites (tertiary alicyclic amines) is 1. The Morgan fingerprint density at radius 1 is 1.38 bits per heavy atom. The van der Waals surface area contributed by atoms with E-state index in [0.29, 0.717) is 25.1 Å². The molecular weight excluding hydrogens is 406 g/mol. The van der Waals surface area contributed by atoms with Crippen molar-refractivity contribution in [2.24, 2.45) is 5.92 Å². The number of ether oxygens (including phenoxy) is 1. The molecule has 0 unspecified atom stereocenters. The number of hydrogen-bond donors (Lipinski definition) is 1. The van der Waals surface area contributed by atoms with E-state index in [0.717, 1.165) is 8.95 Å². The van der Waals surface area contributed by atoms with Crippen LogP contribution in [-0.2, 0) is 9.59 Å². The highest BCUT2D eigenvalue weighted by molar-refractivity contribution is 9.11. The summed E-state index contributed by atoms with van der Waals surface area (Å²) in [5.41, 5.74) is 0. The number of halogens is 2. The minimum atomic E-state index is -0.843. The minimum Gasteiger partial charge on any atom is -0.483 e. The summed E-state index contributed by atoms with van der Waals surface area (Å²) in [5, 5.41) is 9.03. The molecule has 1 saturated heterocycles. The minimum absolute atomic E-state index is 0.0907. The zero-order valence-electron chi connectivity index (χ0n) is 11.2. The Morgan fingerprint density at radius 3 is 2.81 bits per heavy atom. The Balaban J connectivity index is 1.90. The van der Waals surface area contributed by atoms with Gasteiger partial charge < -0.3 is 14.7 Å². The number of rotatable bonds is 4. The summed E-state index contributed by atoms with van der Waals surface area (Å²) >= 11 is 6.71. The first kappa shape index (κ1) is 16.3. The number of carbonyl (C=O) groups excluding carboxylic acids is 1. The molecule has 2 rings (SSSR count). The lowest BCUT2D eigenvalue weighted by Crippen LogP contribution is -2.44. The molecule has 1 aromatic carbocycles. The second kappa shape index (κ2) is 7.26. The van der Waals surface area contributed by atoms with Crippen LogP contribution in [0, 0.1) is 5.92 Å². The molecule has 1 aliphatic rings. The highest BCUT2D eigenvalue weighted by Crippen LogP contribution is 2.28. The Morgan fingerprint density at radius 2 is 2.14 bits per heavy atom. The van der Waals surface area contributed by atoms with Crippen LogP contribution >= 0.6 is 31.9 Å². The predicted octanol–water partition coefficient (Wildman–Crippen LogP) is 2.91. The summed E-state index contributed by atoms with van der Waals surface area (Å²) in [7, 11) is 0. The fourth-order valence-corrected chi connectivity index (χ4v) is 3.39. The predicted molar refractivity (Wildman–Crippen MR) is 84.3 cm³/mol. The molecule has 1 aliphatic heterocycles. The molecule has 0 bridgehead atoms. The third kappa shape index (κ3) is 4.44. The number of carbonyl (C=O) groups is 2. The standard InChI is InChI=1S/C14H15Br2NO4/c15-10-3-4-12(11(16)6-10)21-8-13(18)17-5-1-2-9(7-17)14(19)20/h3-4,6,9H,1-2,5,7-8H2,(H,19,20)/t9-/m0/s1. The normalized spacial score (nSPS) is 18.4. The van der Waals surface area contributed by atoms with Crippen LogP contribution in [-0.4, -0.2) is 41.6 Å². The number of carboxylic acids is 1. The van der Waals surface area contributed by atoms with Gasteiger partial charge in [-0.1, -0.05) is 15.9 Å². The lowest BCUT2D eigenvalue weighted by atomic mass is 9.98. The van der Waals surface area contributed by atoms with Crippen LogP contribution < -0.4 is 4.74 Å². The van der Waals surface area contributed by atoms with Gasteiger partial charge in [0.05, 0.1) is 10.4 Å². The topological polar surface area (TPSA) is 66.8 Å². The monoisotopic (exact) mass is 419 g/mol. The third-order valence-electron chi connectivity index (χ3n) is 3.37. The summed E-state index contributed by atoms with van der Waals surface area (Å²) in [6.45, 7) is 0.763. The van der Waals surface area contributed by atoms with Crippen molar-refractivity contribution in [2.45, 2.75) is 12.8 Å². The molecule has 0 aliphatic carbocycles. The molecule has 21 heavy (non-hydrogen) atoms. The quantitative estimate of drug-likeness (QED) is 0.813. The van der Waals surface area contributed by atoms with Gasteiger partial charge in [-0.05, 0) is 47.0 Å². The van der Waals surface area contributed by atoms with E-state index in [4.69, 9.17) is 9.84 Å². The molecule has 1 fully saturated rings. The van der Waals surface area contributed by atoms with Crippen LogP contribution in [0.2, 0.25) is 0 Å². The summed E-state index contributed by atoms with van der Waals surface area (Å²) in [6.07, 6.45) is 1.34. The Labute approximate surface area is 139 Å². The lowest BCUT2D eigenvalue weighted by molar-refractivity contribution is -0.146. The number of hydrogen-bond acceptors (Lipinski definition) is 3.